The van der Waals surface area contributed by atoms with Crippen molar-refractivity contribution in [1.29, 1.82) is 0 Å². The lowest BCUT2D eigenvalue weighted by Crippen LogP contribution is -2.33. The van der Waals surface area contributed by atoms with Crippen LogP contribution in [0.5, 0.6) is 0 Å². The largest absolute Gasteiger partial charge is 0.348 e. The van der Waals surface area contributed by atoms with E-state index in [-0.39, 0.29) is 5.91 Å². The molecule has 4 heteroatoms. The Morgan fingerprint density at radius 1 is 1.00 bits per heavy atom. The van der Waals surface area contributed by atoms with Crippen LogP contribution in [0.3, 0.4) is 0 Å². The first-order chi connectivity index (χ1) is 11.3. The molecule has 1 amide bonds. The summed E-state index contributed by atoms with van der Waals surface area (Å²) in [5, 5.41) is 8.64. The number of rotatable bonds is 3. The summed E-state index contributed by atoms with van der Waals surface area (Å²) in [6.07, 6.45) is 4.54. The minimum absolute atomic E-state index is 0.0669. The number of hydrogen-bond donors (Lipinski definition) is 1. The van der Waals surface area contributed by atoms with Crippen LogP contribution in [0.4, 0.5) is 0 Å². The molecule has 0 bridgehead atoms. The van der Waals surface area contributed by atoms with Crippen molar-refractivity contribution in [3.05, 3.63) is 60.3 Å². The quantitative estimate of drug-likeness (QED) is 0.802. The van der Waals surface area contributed by atoms with Gasteiger partial charge in [0, 0.05) is 11.4 Å². The van der Waals surface area contributed by atoms with Gasteiger partial charge < -0.3 is 5.32 Å². The van der Waals surface area contributed by atoms with Gasteiger partial charge in [-0.05, 0) is 31.0 Å². The van der Waals surface area contributed by atoms with Crippen LogP contribution >= 0.6 is 0 Å². The van der Waals surface area contributed by atoms with Gasteiger partial charge in [-0.15, -0.1) is 0 Å². The van der Waals surface area contributed by atoms with Crippen LogP contribution in [-0.2, 0) is 0 Å². The molecule has 4 nitrogen and oxygen atoms in total. The molecule has 1 fully saturated rings. The first kappa shape index (κ1) is 14.0. The van der Waals surface area contributed by atoms with Gasteiger partial charge in [-0.3, -0.25) is 4.79 Å². The zero-order chi connectivity index (χ0) is 15.6. The zero-order valence-corrected chi connectivity index (χ0v) is 12.9. The third-order valence-electron chi connectivity index (χ3n) is 4.49. The minimum Gasteiger partial charge on any atom is -0.348 e. The van der Waals surface area contributed by atoms with Crippen LogP contribution in [0.1, 0.15) is 36.2 Å². The first-order valence-electron chi connectivity index (χ1n) is 8.17. The van der Waals surface area contributed by atoms with Crippen molar-refractivity contribution >= 4 is 16.8 Å². The van der Waals surface area contributed by atoms with E-state index in [4.69, 9.17) is 0 Å². The number of fused-ring (bicyclic) bond motifs is 1. The number of carbonyl (C=O) groups is 1. The number of carbonyl (C=O) groups excluding carboxylic acids is 1. The SMILES string of the molecule is O=C(NC1CCCC1)c1nn(-c2ccccc2)c2ccccc12. The van der Waals surface area contributed by atoms with Gasteiger partial charge in [0.05, 0.1) is 11.2 Å². The second kappa shape index (κ2) is 5.88. The summed E-state index contributed by atoms with van der Waals surface area (Å²) >= 11 is 0. The van der Waals surface area contributed by atoms with E-state index >= 15 is 0 Å². The predicted molar refractivity (Wildman–Crippen MR) is 90.8 cm³/mol. The highest BCUT2D eigenvalue weighted by Crippen LogP contribution is 2.23. The van der Waals surface area contributed by atoms with E-state index in [1.54, 1.807) is 0 Å². The number of aromatic nitrogens is 2. The normalized spacial score (nSPS) is 15.1. The van der Waals surface area contributed by atoms with Gasteiger partial charge in [-0.2, -0.15) is 5.10 Å². The lowest BCUT2D eigenvalue weighted by molar-refractivity contribution is 0.0934. The van der Waals surface area contributed by atoms with E-state index in [1.807, 2.05) is 59.3 Å². The molecule has 1 aliphatic rings. The Morgan fingerprint density at radius 3 is 2.48 bits per heavy atom. The zero-order valence-electron chi connectivity index (χ0n) is 12.9. The van der Waals surface area contributed by atoms with Crippen LogP contribution in [0.15, 0.2) is 54.6 Å². The number of benzene rings is 2. The standard InChI is InChI=1S/C19H19N3O/c23-19(20-14-8-4-5-9-14)18-16-12-6-7-13-17(16)22(21-18)15-10-2-1-3-11-15/h1-3,6-7,10-14H,4-5,8-9H2,(H,20,23). The number of nitrogens with one attached hydrogen (secondary N) is 1. The van der Waals surface area contributed by atoms with Crippen molar-refractivity contribution in [1.82, 2.24) is 15.1 Å². The van der Waals surface area contributed by atoms with E-state index in [9.17, 15) is 4.79 Å². The fourth-order valence-electron chi connectivity index (χ4n) is 3.32. The van der Waals surface area contributed by atoms with Gasteiger partial charge in [-0.1, -0.05) is 49.2 Å². The topological polar surface area (TPSA) is 46.9 Å². The second-order valence-electron chi connectivity index (χ2n) is 6.07. The van der Waals surface area contributed by atoms with Crippen molar-refractivity contribution in [3.63, 3.8) is 0 Å². The fourth-order valence-corrected chi connectivity index (χ4v) is 3.32. The summed E-state index contributed by atoms with van der Waals surface area (Å²) in [7, 11) is 0. The van der Waals surface area contributed by atoms with Crippen molar-refractivity contribution in [2.45, 2.75) is 31.7 Å². The highest BCUT2D eigenvalue weighted by atomic mass is 16.2. The lowest BCUT2D eigenvalue weighted by Gasteiger charge is -2.10. The van der Waals surface area contributed by atoms with Gasteiger partial charge in [0.2, 0.25) is 0 Å². The molecule has 1 N–H and O–H groups in total. The molecule has 2 aromatic carbocycles. The third-order valence-corrected chi connectivity index (χ3v) is 4.49. The Kier molecular flexibility index (Phi) is 3.58. The monoisotopic (exact) mass is 305 g/mol. The molecule has 4 rings (SSSR count). The summed E-state index contributed by atoms with van der Waals surface area (Å²) in [4.78, 5) is 12.7. The first-order valence-corrected chi connectivity index (χ1v) is 8.17. The molecular weight excluding hydrogens is 286 g/mol. The molecule has 0 saturated heterocycles. The second-order valence-corrected chi connectivity index (χ2v) is 6.07. The number of amides is 1. The molecule has 1 aliphatic carbocycles. The molecule has 0 atom stereocenters. The van der Waals surface area contributed by atoms with Gasteiger partial charge in [0.25, 0.3) is 5.91 Å². The van der Waals surface area contributed by atoms with Crippen LogP contribution in [0.25, 0.3) is 16.6 Å². The van der Waals surface area contributed by atoms with Crippen LogP contribution < -0.4 is 5.32 Å². The molecule has 0 spiro atoms. The summed E-state index contributed by atoms with van der Waals surface area (Å²) < 4.78 is 1.85. The summed E-state index contributed by atoms with van der Waals surface area (Å²) in [5.41, 5.74) is 2.43. The van der Waals surface area contributed by atoms with Crippen LogP contribution in [-0.4, -0.2) is 21.7 Å². The molecular formula is C19H19N3O. The Bertz CT molecular complexity index is 832. The Labute approximate surface area is 135 Å². The maximum atomic E-state index is 12.7. The number of para-hydroxylation sites is 2. The lowest BCUT2D eigenvalue weighted by atomic mass is 10.2. The minimum atomic E-state index is -0.0669. The molecule has 0 aliphatic heterocycles. The number of nitrogens with zero attached hydrogens (tertiary/aromatic N) is 2. The molecule has 1 heterocycles. The Balaban J connectivity index is 1.76. The van der Waals surface area contributed by atoms with E-state index in [0.717, 1.165) is 29.4 Å². The van der Waals surface area contributed by atoms with Gasteiger partial charge in [-0.25, -0.2) is 4.68 Å². The molecule has 1 saturated carbocycles. The highest BCUT2D eigenvalue weighted by Gasteiger charge is 2.22. The number of hydrogen-bond acceptors (Lipinski definition) is 2. The van der Waals surface area contributed by atoms with Gasteiger partial charge in [0.1, 0.15) is 0 Å². The Hall–Kier alpha value is -2.62. The molecule has 0 radical (unpaired) electrons. The molecule has 0 unspecified atom stereocenters. The summed E-state index contributed by atoms with van der Waals surface area (Å²) in [6.45, 7) is 0. The molecule has 1 aromatic heterocycles. The van der Waals surface area contributed by atoms with Crippen molar-refractivity contribution in [3.8, 4) is 5.69 Å². The maximum Gasteiger partial charge on any atom is 0.272 e. The summed E-state index contributed by atoms with van der Waals surface area (Å²) in [6, 6.07) is 18.1. The average molecular weight is 305 g/mol. The average Bonchev–Trinajstić information content (AvgIpc) is 3.23. The third kappa shape index (κ3) is 2.61. The predicted octanol–water partition coefficient (Wildman–Crippen LogP) is 3.70. The maximum absolute atomic E-state index is 12.7. The van der Waals surface area contributed by atoms with Crippen LogP contribution in [0, 0.1) is 0 Å². The van der Waals surface area contributed by atoms with Gasteiger partial charge >= 0.3 is 0 Å². The van der Waals surface area contributed by atoms with E-state index in [1.165, 1.54) is 12.8 Å². The fraction of sp³-hybridized carbons (Fsp3) is 0.263. The van der Waals surface area contributed by atoms with E-state index in [0.29, 0.717) is 11.7 Å². The van der Waals surface area contributed by atoms with E-state index in [2.05, 4.69) is 10.4 Å². The van der Waals surface area contributed by atoms with Crippen molar-refractivity contribution in [2.75, 3.05) is 0 Å². The van der Waals surface area contributed by atoms with Crippen molar-refractivity contribution in [2.24, 2.45) is 0 Å². The molecule has 3 aromatic rings. The highest BCUT2D eigenvalue weighted by molar-refractivity contribution is 6.05. The smallest absolute Gasteiger partial charge is 0.272 e. The van der Waals surface area contributed by atoms with Crippen LogP contribution in [0.2, 0.25) is 0 Å². The van der Waals surface area contributed by atoms with E-state index < -0.39 is 0 Å². The van der Waals surface area contributed by atoms with Gasteiger partial charge in [0.15, 0.2) is 5.69 Å². The summed E-state index contributed by atoms with van der Waals surface area (Å²) in [5.74, 6) is -0.0669. The Morgan fingerprint density at radius 2 is 1.70 bits per heavy atom. The molecule has 23 heavy (non-hydrogen) atoms. The van der Waals surface area contributed by atoms with Crippen molar-refractivity contribution < 1.29 is 4.79 Å². The molecule has 116 valence electrons.